The van der Waals surface area contributed by atoms with Crippen molar-refractivity contribution in [3.05, 3.63) is 42.0 Å². The number of rotatable bonds is 6. The van der Waals surface area contributed by atoms with Crippen LogP contribution in [0.25, 0.3) is 0 Å². The van der Waals surface area contributed by atoms with Crippen LogP contribution in [0.5, 0.6) is 5.75 Å². The third-order valence-electron chi connectivity index (χ3n) is 2.71. The topological polar surface area (TPSA) is 90.0 Å². The lowest BCUT2D eigenvalue weighted by Crippen LogP contribution is -2.30. The highest BCUT2D eigenvalue weighted by Crippen LogP contribution is 2.13. The number of benzene rings is 1. The van der Waals surface area contributed by atoms with Crippen LogP contribution in [0.4, 0.5) is 0 Å². The van der Waals surface area contributed by atoms with Crippen molar-refractivity contribution >= 4 is 23.6 Å². The lowest BCUT2D eigenvalue weighted by molar-refractivity contribution is -0.142. The number of carbonyl (C=O) groups excluding carboxylic acids is 4. The predicted molar refractivity (Wildman–Crippen MR) is 80.6 cm³/mol. The number of nitrogens with zero attached hydrogens (tertiary/aromatic N) is 1. The Labute approximate surface area is 133 Å². The highest BCUT2D eigenvalue weighted by molar-refractivity contribution is 6.36. The molecule has 1 aromatic rings. The second-order valence-electron chi connectivity index (χ2n) is 4.72. The minimum atomic E-state index is -0.734. The standard InChI is InChI=1S/C16H17NO6/c1-17(2)16(21)13(18)10-11-4-6-12(7-5-11)23-15(20)9-8-14(19)22-3/h4-9H,10H2,1-3H3/b9-8+. The van der Waals surface area contributed by atoms with Gasteiger partial charge in [0.25, 0.3) is 5.91 Å². The van der Waals surface area contributed by atoms with Gasteiger partial charge in [-0.3, -0.25) is 9.59 Å². The molecule has 0 unspecified atom stereocenters. The fourth-order valence-electron chi connectivity index (χ4n) is 1.54. The minimum absolute atomic E-state index is 0.0342. The maximum Gasteiger partial charge on any atom is 0.336 e. The number of methoxy groups -OCH3 is 1. The number of carbonyl (C=O) groups is 4. The molecule has 7 heteroatoms. The minimum Gasteiger partial charge on any atom is -0.466 e. The van der Waals surface area contributed by atoms with Gasteiger partial charge in [0.05, 0.1) is 7.11 Å². The Morgan fingerprint density at radius 1 is 1.00 bits per heavy atom. The number of likely N-dealkylation sites (N-methyl/N-ethyl adjacent to an activating group) is 1. The van der Waals surface area contributed by atoms with Crippen molar-refractivity contribution in [2.24, 2.45) is 0 Å². The summed E-state index contributed by atoms with van der Waals surface area (Å²) in [5.41, 5.74) is 0.620. The number of ketones is 1. The van der Waals surface area contributed by atoms with E-state index in [0.29, 0.717) is 5.56 Å². The molecule has 0 atom stereocenters. The third kappa shape index (κ3) is 6.13. The van der Waals surface area contributed by atoms with Gasteiger partial charge < -0.3 is 14.4 Å². The van der Waals surface area contributed by atoms with Crippen molar-refractivity contribution in [2.75, 3.05) is 21.2 Å². The Balaban J connectivity index is 2.62. The molecule has 0 N–H and O–H groups in total. The maximum atomic E-state index is 11.7. The smallest absolute Gasteiger partial charge is 0.336 e. The van der Waals surface area contributed by atoms with Crippen LogP contribution in [0.15, 0.2) is 36.4 Å². The van der Waals surface area contributed by atoms with Crippen molar-refractivity contribution in [1.82, 2.24) is 4.90 Å². The molecule has 0 saturated heterocycles. The van der Waals surface area contributed by atoms with Crippen molar-refractivity contribution < 1.29 is 28.7 Å². The van der Waals surface area contributed by atoms with E-state index < -0.39 is 23.6 Å². The van der Waals surface area contributed by atoms with Crippen LogP contribution in [0, 0.1) is 0 Å². The molecule has 0 bridgehead atoms. The fourth-order valence-corrected chi connectivity index (χ4v) is 1.54. The van der Waals surface area contributed by atoms with Gasteiger partial charge in [-0.2, -0.15) is 0 Å². The van der Waals surface area contributed by atoms with E-state index in [4.69, 9.17) is 4.74 Å². The monoisotopic (exact) mass is 319 g/mol. The average Bonchev–Trinajstić information content (AvgIpc) is 2.53. The molecule has 0 aromatic heterocycles. The van der Waals surface area contributed by atoms with Gasteiger partial charge >= 0.3 is 11.9 Å². The summed E-state index contributed by atoms with van der Waals surface area (Å²) < 4.78 is 9.30. The van der Waals surface area contributed by atoms with E-state index in [1.54, 1.807) is 12.1 Å². The molecule has 0 spiro atoms. The second-order valence-corrected chi connectivity index (χ2v) is 4.72. The molecule has 0 fully saturated rings. The lowest BCUT2D eigenvalue weighted by Gasteiger charge is -2.09. The summed E-state index contributed by atoms with van der Waals surface area (Å²) in [6.45, 7) is 0. The molecular formula is C16H17NO6. The van der Waals surface area contributed by atoms with Gasteiger partial charge in [0.1, 0.15) is 5.75 Å². The van der Waals surface area contributed by atoms with Crippen LogP contribution in [0.1, 0.15) is 5.56 Å². The fraction of sp³-hybridized carbons (Fsp3) is 0.250. The van der Waals surface area contributed by atoms with Gasteiger partial charge in [-0.1, -0.05) is 12.1 Å². The molecule has 1 aromatic carbocycles. The van der Waals surface area contributed by atoms with Gasteiger partial charge in [-0.25, -0.2) is 9.59 Å². The second kappa shape index (κ2) is 8.47. The summed E-state index contributed by atoms with van der Waals surface area (Å²) in [5.74, 6) is -2.25. The SMILES string of the molecule is COC(=O)/C=C/C(=O)Oc1ccc(CC(=O)C(=O)N(C)C)cc1. The number of hydrogen-bond donors (Lipinski definition) is 0. The maximum absolute atomic E-state index is 11.7. The Bertz CT molecular complexity index is 630. The predicted octanol–water partition coefficient (Wildman–Crippen LogP) is 0.521. The van der Waals surface area contributed by atoms with Gasteiger partial charge in [-0.05, 0) is 17.7 Å². The third-order valence-corrected chi connectivity index (χ3v) is 2.71. The van der Waals surface area contributed by atoms with Crippen LogP contribution in [0.2, 0.25) is 0 Å². The first kappa shape index (κ1) is 18.1. The van der Waals surface area contributed by atoms with E-state index in [9.17, 15) is 19.2 Å². The Kier molecular flexibility index (Phi) is 6.67. The molecular weight excluding hydrogens is 302 g/mol. The molecule has 0 aliphatic carbocycles. The normalized spacial score (nSPS) is 10.2. The molecule has 1 amide bonds. The van der Waals surface area contributed by atoms with Crippen molar-refractivity contribution in [3.8, 4) is 5.75 Å². The number of hydrogen-bond acceptors (Lipinski definition) is 6. The Morgan fingerprint density at radius 2 is 1.57 bits per heavy atom. The average molecular weight is 319 g/mol. The summed E-state index contributed by atoms with van der Waals surface area (Å²) in [5, 5.41) is 0. The van der Waals surface area contributed by atoms with Gasteiger partial charge in [0.15, 0.2) is 0 Å². The van der Waals surface area contributed by atoms with E-state index in [2.05, 4.69) is 4.74 Å². The first-order valence-electron chi connectivity index (χ1n) is 6.64. The van der Waals surface area contributed by atoms with Gasteiger partial charge in [-0.15, -0.1) is 0 Å². The van der Waals surface area contributed by atoms with Gasteiger partial charge in [0, 0.05) is 32.7 Å². The molecule has 0 aliphatic rings. The molecule has 0 aliphatic heterocycles. The number of Topliss-reactive ketones (excluding diaryl/α,β-unsaturated/α-hetero) is 1. The highest BCUT2D eigenvalue weighted by atomic mass is 16.5. The van der Waals surface area contributed by atoms with Crippen LogP contribution in [-0.4, -0.2) is 49.7 Å². The largest absolute Gasteiger partial charge is 0.466 e. The summed E-state index contributed by atoms with van der Waals surface area (Å²) >= 11 is 0. The Hall–Kier alpha value is -2.96. The first-order chi connectivity index (χ1) is 10.8. The quantitative estimate of drug-likeness (QED) is 0.329. The zero-order valence-corrected chi connectivity index (χ0v) is 13.1. The zero-order chi connectivity index (χ0) is 17.4. The van der Waals surface area contributed by atoms with Crippen LogP contribution in [-0.2, 0) is 30.3 Å². The molecule has 7 nitrogen and oxygen atoms in total. The zero-order valence-electron chi connectivity index (χ0n) is 13.1. The highest BCUT2D eigenvalue weighted by Gasteiger charge is 2.16. The van der Waals surface area contributed by atoms with Crippen LogP contribution >= 0.6 is 0 Å². The summed E-state index contributed by atoms with van der Waals surface area (Å²) in [7, 11) is 4.20. The van der Waals surface area contributed by atoms with E-state index in [0.717, 1.165) is 12.2 Å². The number of ether oxygens (including phenoxy) is 2. The Morgan fingerprint density at radius 3 is 2.09 bits per heavy atom. The molecule has 0 heterocycles. The van der Waals surface area contributed by atoms with E-state index in [1.807, 2.05) is 0 Å². The summed E-state index contributed by atoms with van der Waals surface area (Å²) in [4.78, 5) is 46.6. The summed E-state index contributed by atoms with van der Waals surface area (Å²) in [6.07, 6.45) is 1.86. The van der Waals surface area contributed by atoms with Crippen molar-refractivity contribution in [1.29, 1.82) is 0 Å². The molecule has 1 rings (SSSR count). The number of esters is 2. The van der Waals surface area contributed by atoms with Crippen LogP contribution in [0.3, 0.4) is 0 Å². The van der Waals surface area contributed by atoms with Crippen molar-refractivity contribution in [2.45, 2.75) is 6.42 Å². The lowest BCUT2D eigenvalue weighted by atomic mass is 10.1. The van der Waals surface area contributed by atoms with E-state index in [-0.39, 0.29) is 12.2 Å². The van der Waals surface area contributed by atoms with E-state index in [1.165, 1.54) is 38.2 Å². The number of amides is 1. The van der Waals surface area contributed by atoms with Gasteiger partial charge in [0.2, 0.25) is 5.78 Å². The molecule has 0 saturated carbocycles. The molecule has 23 heavy (non-hydrogen) atoms. The first-order valence-corrected chi connectivity index (χ1v) is 6.64. The van der Waals surface area contributed by atoms with Crippen LogP contribution < -0.4 is 4.74 Å². The van der Waals surface area contributed by atoms with Crippen molar-refractivity contribution in [3.63, 3.8) is 0 Å². The van der Waals surface area contributed by atoms with E-state index >= 15 is 0 Å². The molecule has 0 radical (unpaired) electrons. The molecule has 122 valence electrons. The summed E-state index contributed by atoms with van der Waals surface area (Å²) in [6, 6.07) is 6.14.